The van der Waals surface area contributed by atoms with Gasteiger partial charge in [-0.3, -0.25) is 4.90 Å². The molecule has 0 aromatic carbocycles. The van der Waals surface area contributed by atoms with Crippen molar-refractivity contribution in [2.24, 2.45) is 4.36 Å². The Hall–Kier alpha value is -0.130. The summed E-state index contributed by atoms with van der Waals surface area (Å²) in [4.78, 5) is 1.84. The van der Waals surface area contributed by atoms with Crippen LogP contribution in [0.4, 0.5) is 0 Å². The Labute approximate surface area is 74.7 Å². The van der Waals surface area contributed by atoms with E-state index in [-0.39, 0.29) is 19.1 Å². The summed E-state index contributed by atoms with van der Waals surface area (Å²) in [5.74, 6) is 0. The van der Waals surface area contributed by atoms with Crippen LogP contribution >= 0.6 is 12.4 Å². The van der Waals surface area contributed by atoms with Gasteiger partial charge in [-0.25, -0.2) is 0 Å². The molecular weight excluding hydrogens is 188 g/mol. The summed E-state index contributed by atoms with van der Waals surface area (Å²) in [6.07, 6.45) is 1.01. The zero-order valence-corrected chi connectivity index (χ0v) is 8.28. The van der Waals surface area contributed by atoms with Crippen molar-refractivity contribution in [3.8, 4) is 0 Å². The highest BCUT2D eigenvalue weighted by Crippen LogP contribution is 1.84. The average Bonchev–Trinajstić information content (AvgIpc) is 1.85. The van der Waals surface area contributed by atoms with Gasteiger partial charge in [-0.05, 0) is 20.0 Å². The maximum Gasteiger partial charge on any atom is 0.312 e. The molecule has 11 heavy (non-hydrogen) atoms. The van der Waals surface area contributed by atoms with Gasteiger partial charge in [-0.1, -0.05) is 6.92 Å². The van der Waals surface area contributed by atoms with E-state index < -0.39 is 10.5 Å². The summed E-state index contributed by atoms with van der Waals surface area (Å²) >= 11 is 0. The van der Waals surface area contributed by atoms with Crippen LogP contribution in [-0.4, -0.2) is 33.6 Å². The molecule has 0 heterocycles. The van der Waals surface area contributed by atoms with Crippen molar-refractivity contribution in [3.63, 3.8) is 0 Å². The van der Waals surface area contributed by atoms with Crippen LogP contribution in [0.5, 0.6) is 0 Å². The van der Waals surface area contributed by atoms with Gasteiger partial charge < -0.3 is 0 Å². The van der Waals surface area contributed by atoms with Crippen molar-refractivity contribution in [3.05, 3.63) is 0 Å². The largest absolute Gasteiger partial charge is 0.312 e. The third-order valence-corrected chi connectivity index (χ3v) is 1.34. The number of nitrogens with zero attached hydrogens (tertiary/aromatic N) is 2. The summed E-state index contributed by atoms with van der Waals surface area (Å²) in [6.45, 7) is 3.18. The van der Waals surface area contributed by atoms with Gasteiger partial charge >= 0.3 is 10.5 Å². The summed E-state index contributed by atoms with van der Waals surface area (Å²) in [5, 5.41) is 0. The zero-order valence-electron chi connectivity index (χ0n) is 6.65. The van der Waals surface area contributed by atoms with Crippen molar-refractivity contribution < 1.29 is 8.42 Å². The first kappa shape index (κ1) is 13.5. The van der Waals surface area contributed by atoms with Crippen LogP contribution in [0.25, 0.3) is 0 Å². The van der Waals surface area contributed by atoms with Crippen molar-refractivity contribution in [2.75, 3.05) is 20.3 Å². The molecule has 0 amide bonds. The van der Waals surface area contributed by atoms with Gasteiger partial charge in [-0.15, -0.1) is 12.4 Å². The average molecular weight is 201 g/mol. The predicted octanol–water partition coefficient (Wildman–Crippen LogP) is 0.770. The van der Waals surface area contributed by atoms with Gasteiger partial charge in [0.2, 0.25) is 0 Å². The van der Waals surface area contributed by atoms with Crippen LogP contribution in [0.2, 0.25) is 0 Å². The van der Waals surface area contributed by atoms with Crippen LogP contribution in [0.1, 0.15) is 13.3 Å². The van der Waals surface area contributed by atoms with E-state index in [2.05, 4.69) is 4.36 Å². The van der Waals surface area contributed by atoms with Crippen molar-refractivity contribution >= 4 is 22.9 Å². The summed E-state index contributed by atoms with van der Waals surface area (Å²) in [6, 6.07) is 0. The molecule has 0 saturated heterocycles. The second kappa shape index (κ2) is 7.97. The molecule has 0 aromatic rings. The third-order valence-electron chi connectivity index (χ3n) is 1.01. The van der Waals surface area contributed by atoms with E-state index in [9.17, 15) is 8.42 Å². The van der Waals surface area contributed by atoms with E-state index in [0.717, 1.165) is 13.0 Å². The molecule has 0 fully saturated rings. The van der Waals surface area contributed by atoms with Gasteiger partial charge in [-0.2, -0.15) is 12.8 Å². The Balaban J connectivity index is 0. The van der Waals surface area contributed by atoms with Gasteiger partial charge in [0, 0.05) is 0 Å². The molecular formula is C5H13ClN2O2S. The minimum Gasteiger partial charge on any atom is -0.287 e. The Morgan fingerprint density at radius 2 is 2.00 bits per heavy atom. The van der Waals surface area contributed by atoms with Gasteiger partial charge in [0.15, 0.2) is 0 Å². The van der Waals surface area contributed by atoms with Crippen molar-refractivity contribution in [2.45, 2.75) is 13.3 Å². The van der Waals surface area contributed by atoms with E-state index in [0.29, 0.717) is 0 Å². The second-order valence-electron chi connectivity index (χ2n) is 2.07. The fourth-order valence-corrected chi connectivity index (χ4v) is 0.890. The first-order valence-corrected chi connectivity index (χ1v) is 4.15. The lowest BCUT2D eigenvalue weighted by atomic mass is 10.5. The molecule has 0 aliphatic carbocycles. The Morgan fingerprint density at radius 1 is 1.45 bits per heavy atom. The molecule has 6 heteroatoms. The lowest BCUT2D eigenvalue weighted by molar-refractivity contribution is 0.347. The van der Waals surface area contributed by atoms with Crippen LogP contribution in [0.3, 0.4) is 0 Å². The third kappa shape index (κ3) is 9.87. The van der Waals surface area contributed by atoms with Crippen molar-refractivity contribution in [1.82, 2.24) is 4.90 Å². The minimum absolute atomic E-state index is 0. The molecule has 68 valence electrons. The quantitative estimate of drug-likeness (QED) is 0.674. The molecule has 0 aliphatic rings. The topological polar surface area (TPSA) is 49.7 Å². The minimum atomic E-state index is -2.26. The molecule has 0 spiro atoms. The summed E-state index contributed by atoms with van der Waals surface area (Å²) < 4.78 is 23.1. The van der Waals surface area contributed by atoms with Gasteiger partial charge in [0.25, 0.3) is 0 Å². The highest BCUT2D eigenvalue weighted by molar-refractivity contribution is 7.61. The van der Waals surface area contributed by atoms with E-state index >= 15 is 0 Å². The van der Waals surface area contributed by atoms with Crippen LogP contribution in [0, 0.1) is 0 Å². The lowest BCUT2D eigenvalue weighted by Gasteiger charge is -2.09. The number of hydrogen-bond acceptors (Lipinski definition) is 4. The molecule has 0 radical (unpaired) electrons. The second-order valence-corrected chi connectivity index (χ2v) is 2.76. The number of hydrogen-bond donors (Lipinski definition) is 0. The molecule has 0 rings (SSSR count). The molecule has 0 N–H and O–H groups in total. The van der Waals surface area contributed by atoms with Gasteiger partial charge in [0.05, 0.1) is 0 Å². The van der Waals surface area contributed by atoms with Crippen LogP contribution in [0.15, 0.2) is 4.36 Å². The monoisotopic (exact) mass is 200 g/mol. The van der Waals surface area contributed by atoms with Crippen molar-refractivity contribution in [1.29, 1.82) is 0 Å². The summed E-state index contributed by atoms with van der Waals surface area (Å²) in [5.41, 5.74) is 0. The summed E-state index contributed by atoms with van der Waals surface area (Å²) in [7, 11) is -0.423. The molecule has 4 nitrogen and oxygen atoms in total. The smallest absolute Gasteiger partial charge is 0.287 e. The van der Waals surface area contributed by atoms with E-state index in [1.165, 1.54) is 0 Å². The number of rotatable bonds is 4. The fourth-order valence-electron chi connectivity index (χ4n) is 0.598. The Kier molecular flexibility index (Phi) is 9.75. The van der Waals surface area contributed by atoms with E-state index in [4.69, 9.17) is 0 Å². The fraction of sp³-hybridized carbons (Fsp3) is 1.00. The van der Waals surface area contributed by atoms with E-state index in [1.54, 1.807) is 0 Å². The maximum absolute atomic E-state index is 9.91. The molecule has 0 bridgehead atoms. The molecule has 0 saturated carbocycles. The molecule has 0 aromatic heterocycles. The highest BCUT2D eigenvalue weighted by atomic mass is 35.5. The van der Waals surface area contributed by atoms with E-state index in [1.807, 2.05) is 18.9 Å². The first-order chi connectivity index (χ1) is 4.66. The Morgan fingerprint density at radius 3 is 2.36 bits per heavy atom. The molecule has 0 aliphatic heterocycles. The predicted molar refractivity (Wildman–Crippen MR) is 46.4 cm³/mol. The SMILES string of the molecule is CCCN(C)CN=S(=O)=O.Cl. The molecule has 0 atom stereocenters. The first-order valence-electron chi connectivity index (χ1n) is 3.12. The number of halogens is 1. The Bertz CT molecular complexity index is 195. The maximum atomic E-state index is 9.91. The lowest BCUT2D eigenvalue weighted by Crippen LogP contribution is -2.18. The van der Waals surface area contributed by atoms with Crippen LogP contribution < -0.4 is 0 Å². The zero-order chi connectivity index (χ0) is 7.98. The van der Waals surface area contributed by atoms with Crippen LogP contribution in [-0.2, 0) is 10.5 Å². The molecule has 0 unspecified atom stereocenters. The van der Waals surface area contributed by atoms with Gasteiger partial charge in [0.1, 0.15) is 6.67 Å². The highest BCUT2D eigenvalue weighted by Gasteiger charge is 1.91. The standard InChI is InChI=1S/C5H12N2O2S.ClH/c1-3-4-7(2)5-6-10(8)9;/h3-5H2,1-2H3;1H. The normalized spacial score (nSPS) is 9.00.